The van der Waals surface area contributed by atoms with E-state index in [1.165, 1.54) is 0 Å². The summed E-state index contributed by atoms with van der Waals surface area (Å²) in [6, 6.07) is 0.696. The van der Waals surface area contributed by atoms with Crippen LogP contribution < -0.4 is 10.2 Å². The average Bonchev–Trinajstić information content (AvgIpc) is 2.84. The van der Waals surface area contributed by atoms with Gasteiger partial charge in [-0.15, -0.1) is 5.10 Å². The first kappa shape index (κ1) is 12.3. The molecule has 0 aliphatic carbocycles. The standard InChI is InChI=1S/C10H18N4O3/c1-6(2)11-3-9-12-13-10(17-9)14-4-7(15)8(16)5-14/h6-8,11,15-16H,3-5H2,1-2H3. The summed E-state index contributed by atoms with van der Waals surface area (Å²) < 4.78 is 5.43. The number of aromatic nitrogens is 2. The van der Waals surface area contributed by atoms with E-state index in [1.807, 2.05) is 13.8 Å². The van der Waals surface area contributed by atoms with Gasteiger partial charge in [-0.05, 0) is 0 Å². The van der Waals surface area contributed by atoms with Crippen LogP contribution in [0.3, 0.4) is 0 Å². The van der Waals surface area contributed by atoms with Crippen molar-refractivity contribution in [2.45, 2.75) is 38.6 Å². The Morgan fingerprint density at radius 2 is 2.00 bits per heavy atom. The Morgan fingerprint density at radius 3 is 2.59 bits per heavy atom. The first-order valence-electron chi connectivity index (χ1n) is 5.73. The molecule has 0 saturated carbocycles. The third-order valence-corrected chi connectivity index (χ3v) is 2.65. The predicted octanol–water partition coefficient (Wildman–Crippen LogP) is -0.891. The number of hydrogen-bond acceptors (Lipinski definition) is 7. The SMILES string of the molecule is CC(C)NCc1nnc(N2CC(O)C(O)C2)o1. The first-order valence-corrected chi connectivity index (χ1v) is 5.73. The van der Waals surface area contributed by atoms with Crippen molar-refractivity contribution in [2.24, 2.45) is 0 Å². The summed E-state index contributed by atoms with van der Waals surface area (Å²) in [5, 5.41) is 29.8. The second-order valence-corrected chi connectivity index (χ2v) is 4.55. The van der Waals surface area contributed by atoms with Gasteiger partial charge in [0.2, 0.25) is 5.89 Å². The zero-order valence-electron chi connectivity index (χ0n) is 10.00. The van der Waals surface area contributed by atoms with Crippen molar-refractivity contribution < 1.29 is 14.6 Å². The molecule has 2 atom stereocenters. The molecule has 7 heteroatoms. The Labute approximate surface area is 99.4 Å². The van der Waals surface area contributed by atoms with Gasteiger partial charge in [0, 0.05) is 6.04 Å². The zero-order chi connectivity index (χ0) is 12.4. The van der Waals surface area contributed by atoms with E-state index in [1.54, 1.807) is 4.90 Å². The zero-order valence-corrected chi connectivity index (χ0v) is 10.00. The van der Waals surface area contributed by atoms with Crippen molar-refractivity contribution >= 4 is 6.01 Å². The van der Waals surface area contributed by atoms with E-state index in [0.29, 0.717) is 37.6 Å². The molecule has 1 aromatic heterocycles. The van der Waals surface area contributed by atoms with Crippen LogP contribution in [0.5, 0.6) is 0 Å². The molecule has 0 amide bonds. The molecule has 2 rings (SSSR count). The van der Waals surface area contributed by atoms with E-state index in [0.717, 1.165) is 0 Å². The Bertz CT molecular complexity index is 358. The number of anilines is 1. The molecule has 2 heterocycles. The van der Waals surface area contributed by atoms with Gasteiger partial charge in [-0.3, -0.25) is 0 Å². The van der Waals surface area contributed by atoms with Gasteiger partial charge < -0.3 is 24.8 Å². The Kier molecular flexibility index (Phi) is 3.60. The maximum Gasteiger partial charge on any atom is 0.318 e. The fourth-order valence-electron chi connectivity index (χ4n) is 1.66. The molecule has 3 N–H and O–H groups in total. The maximum absolute atomic E-state index is 9.42. The van der Waals surface area contributed by atoms with Gasteiger partial charge in [0.05, 0.1) is 31.8 Å². The molecule has 2 unspecified atom stereocenters. The van der Waals surface area contributed by atoms with Crippen LogP contribution in [-0.4, -0.2) is 51.7 Å². The van der Waals surface area contributed by atoms with Crippen LogP contribution in [0.4, 0.5) is 6.01 Å². The molecular formula is C10H18N4O3. The lowest BCUT2D eigenvalue weighted by molar-refractivity contribution is 0.0572. The second-order valence-electron chi connectivity index (χ2n) is 4.55. The van der Waals surface area contributed by atoms with E-state index >= 15 is 0 Å². The molecule has 1 aliphatic rings. The lowest BCUT2D eigenvalue weighted by Gasteiger charge is -2.10. The number of aliphatic hydroxyl groups excluding tert-OH is 2. The Balaban J connectivity index is 1.94. The van der Waals surface area contributed by atoms with Crippen molar-refractivity contribution in [3.05, 3.63) is 5.89 Å². The summed E-state index contributed by atoms with van der Waals surface area (Å²) in [6.07, 6.45) is -1.50. The van der Waals surface area contributed by atoms with Crippen LogP contribution in [0.25, 0.3) is 0 Å². The summed E-state index contributed by atoms with van der Waals surface area (Å²) in [5.74, 6) is 0.504. The fourth-order valence-corrected chi connectivity index (χ4v) is 1.66. The number of hydrogen-bond donors (Lipinski definition) is 3. The minimum absolute atomic E-state index is 0.320. The van der Waals surface area contributed by atoms with E-state index in [-0.39, 0.29) is 0 Å². The molecule has 0 radical (unpaired) electrons. The largest absolute Gasteiger partial charge is 0.407 e. The van der Waals surface area contributed by atoms with E-state index in [4.69, 9.17) is 4.42 Å². The molecule has 7 nitrogen and oxygen atoms in total. The average molecular weight is 242 g/mol. The summed E-state index contributed by atoms with van der Waals surface area (Å²) in [6.45, 7) is 5.22. The molecule has 1 fully saturated rings. The Hall–Kier alpha value is -1.18. The van der Waals surface area contributed by atoms with Crippen LogP contribution in [0, 0.1) is 0 Å². The molecule has 0 spiro atoms. The minimum Gasteiger partial charge on any atom is -0.407 e. The highest BCUT2D eigenvalue weighted by Crippen LogP contribution is 2.19. The van der Waals surface area contributed by atoms with Gasteiger partial charge in [-0.2, -0.15) is 0 Å². The number of aliphatic hydroxyl groups is 2. The first-order chi connectivity index (χ1) is 8.06. The second kappa shape index (κ2) is 4.99. The van der Waals surface area contributed by atoms with E-state index < -0.39 is 12.2 Å². The maximum atomic E-state index is 9.42. The van der Waals surface area contributed by atoms with Crippen molar-refractivity contribution in [2.75, 3.05) is 18.0 Å². The molecule has 1 aliphatic heterocycles. The predicted molar refractivity (Wildman–Crippen MR) is 60.5 cm³/mol. The van der Waals surface area contributed by atoms with Gasteiger partial charge in [0.15, 0.2) is 0 Å². The quantitative estimate of drug-likeness (QED) is 0.630. The number of nitrogens with zero attached hydrogens (tertiary/aromatic N) is 3. The third kappa shape index (κ3) is 2.93. The molecule has 96 valence electrons. The number of nitrogens with one attached hydrogen (secondary N) is 1. The lowest BCUT2D eigenvalue weighted by Crippen LogP contribution is -2.22. The highest BCUT2D eigenvalue weighted by atomic mass is 16.4. The molecule has 17 heavy (non-hydrogen) atoms. The molecule has 0 aromatic carbocycles. The highest BCUT2D eigenvalue weighted by Gasteiger charge is 2.32. The van der Waals surface area contributed by atoms with Gasteiger partial charge >= 0.3 is 6.01 Å². The molecule has 1 aromatic rings. The third-order valence-electron chi connectivity index (χ3n) is 2.65. The molecule has 1 saturated heterocycles. The highest BCUT2D eigenvalue weighted by molar-refractivity contribution is 5.28. The van der Waals surface area contributed by atoms with Crippen molar-refractivity contribution in [3.8, 4) is 0 Å². The van der Waals surface area contributed by atoms with Crippen molar-refractivity contribution in [1.82, 2.24) is 15.5 Å². The van der Waals surface area contributed by atoms with Gasteiger partial charge in [0.25, 0.3) is 0 Å². The van der Waals surface area contributed by atoms with Crippen LogP contribution in [0.1, 0.15) is 19.7 Å². The van der Waals surface area contributed by atoms with Gasteiger partial charge in [-0.1, -0.05) is 18.9 Å². The minimum atomic E-state index is -0.751. The van der Waals surface area contributed by atoms with E-state index in [2.05, 4.69) is 15.5 Å². The summed E-state index contributed by atoms with van der Waals surface area (Å²) in [4.78, 5) is 1.68. The van der Waals surface area contributed by atoms with Crippen LogP contribution in [0.2, 0.25) is 0 Å². The number of β-amino-alcohol motifs (C(OH)–C–C–N with tert-alkyl or cyclic N) is 2. The monoisotopic (exact) mass is 242 g/mol. The lowest BCUT2D eigenvalue weighted by atomic mass is 10.3. The topological polar surface area (TPSA) is 94.7 Å². The van der Waals surface area contributed by atoms with E-state index in [9.17, 15) is 10.2 Å². The van der Waals surface area contributed by atoms with Crippen LogP contribution >= 0.6 is 0 Å². The van der Waals surface area contributed by atoms with Crippen LogP contribution in [-0.2, 0) is 6.54 Å². The molecular weight excluding hydrogens is 224 g/mol. The van der Waals surface area contributed by atoms with Crippen molar-refractivity contribution in [1.29, 1.82) is 0 Å². The smallest absolute Gasteiger partial charge is 0.318 e. The van der Waals surface area contributed by atoms with Gasteiger partial charge in [0.1, 0.15) is 0 Å². The summed E-state index contributed by atoms with van der Waals surface area (Å²) in [7, 11) is 0. The van der Waals surface area contributed by atoms with Gasteiger partial charge in [-0.25, -0.2) is 0 Å². The summed E-state index contributed by atoms with van der Waals surface area (Å²) in [5.41, 5.74) is 0. The fraction of sp³-hybridized carbons (Fsp3) is 0.800. The normalized spacial score (nSPS) is 24.9. The van der Waals surface area contributed by atoms with Crippen molar-refractivity contribution in [3.63, 3.8) is 0 Å². The van der Waals surface area contributed by atoms with Crippen LogP contribution in [0.15, 0.2) is 4.42 Å². The number of rotatable bonds is 4. The Morgan fingerprint density at radius 1 is 1.35 bits per heavy atom. The molecule has 0 bridgehead atoms. The summed E-state index contributed by atoms with van der Waals surface area (Å²) >= 11 is 0.